The van der Waals surface area contributed by atoms with Crippen molar-refractivity contribution >= 4 is 23.2 Å². The van der Waals surface area contributed by atoms with E-state index in [4.69, 9.17) is 21.1 Å². The number of hydrogen-bond acceptors (Lipinski definition) is 5. The van der Waals surface area contributed by atoms with Gasteiger partial charge in [0.2, 0.25) is 0 Å². The lowest BCUT2D eigenvalue weighted by Gasteiger charge is -2.09. The summed E-state index contributed by atoms with van der Waals surface area (Å²) in [6.45, 7) is 0.550. The van der Waals surface area contributed by atoms with Gasteiger partial charge in [-0.1, -0.05) is 17.7 Å². The number of amides is 1. The SMILES string of the molecule is COc1ccc(CCN/C=C(/C#N)C(=O)Nc2ccc(Cl)cc2)cc1OC. The number of nitrogens with zero attached hydrogens (tertiary/aromatic N) is 1. The number of carbonyl (C=O) groups is 1. The number of nitrogens with one attached hydrogen (secondary N) is 2. The molecule has 0 aliphatic carbocycles. The Kier molecular flexibility index (Phi) is 7.53. The Morgan fingerprint density at radius 1 is 1.15 bits per heavy atom. The van der Waals surface area contributed by atoms with E-state index in [0.717, 1.165) is 5.56 Å². The van der Waals surface area contributed by atoms with Gasteiger partial charge in [0.15, 0.2) is 11.5 Å². The zero-order valence-electron chi connectivity index (χ0n) is 15.1. The minimum atomic E-state index is -0.488. The van der Waals surface area contributed by atoms with Gasteiger partial charge in [-0.15, -0.1) is 0 Å². The number of benzene rings is 2. The molecular weight excluding hydrogens is 366 g/mol. The Hall–Kier alpha value is -3.17. The number of hydrogen-bond donors (Lipinski definition) is 2. The molecule has 1 amide bonds. The summed E-state index contributed by atoms with van der Waals surface area (Å²) < 4.78 is 10.5. The van der Waals surface area contributed by atoms with Gasteiger partial charge in [-0.3, -0.25) is 4.79 Å². The van der Waals surface area contributed by atoms with Crippen molar-refractivity contribution in [3.05, 3.63) is 64.8 Å². The maximum atomic E-state index is 12.1. The van der Waals surface area contributed by atoms with E-state index in [1.54, 1.807) is 38.5 Å². The molecule has 0 saturated heterocycles. The summed E-state index contributed by atoms with van der Waals surface area (Å²) in [7, 11) is 3.17. The fourth-order valence-electron chi connectivity index (χ4n) is 2.31. The second kappa shape index (κ2) is 10.1. The third-order valence-corrected chi connectivity index (χ3v) is 3.97. The van der Waals surface area contributed by atoms with Crippen molar-refractivity contribution < 1.29 is 14.3 Å². The Morgan fingerprint density at radius 3 is 2.48 bits per heavy atom. The van der Waals surface area contributed by atoms with Crippen LogP contribution in [0.4, 0.5) is 5.69 Å². The van der Waals surface area contributed by atoms with Crippen LogP contribution in [0.15, 0.2) is 54.2 Å². The molecule has 2 N–H and O–H groups in total. The number of ether oxygens (including phenoxy) is 2. The second-order valence-electron chi connectivity index (χ2n) is 5.52. The van der Waals surface area contributed by atoms with Crippen LogP contribution >= 0.6 is 11.6 Å². The maximum absolute atomic E-state index is 12.1. The minimum Gasteiger partial charge on any atom is -0.493 e. The number of methoxy groups -OCH3 is 2. The van der Waals surface area contributed by atoms with Crippen LogP contribution in [0.2, 0.25) is 5.02 Å². The summed E-state index contributed by atoms with van der Waals surface area (Å²) in [6.07, 6.45) is 2.10. The van der Waals surface area contributed by atoms with Gasteiger partial charge in [0.1, 0.15) is 11.6 Å². The number of nitriles is 1. The highest BCUT2D eigenvalue weighted by Crippen LogP contribution is 2.27. The third-order valence-electron chi connectivity index (χ3n) is 3.72. The molecule has 7 heteroatoms. The molecule has 0 aromatic heterocycles. The molecule has 0 fully saturated rings. The molecule has 0 radical (unpaired) electrons. The van der Waals surface area contributed by atoms with Gasteiger partial charge in [-0.05, 0) is 48.4 Å². The summed E-state index contributed by atoms with van der Waals surface area (Å²) in [4.78, 5) is 12.1. The van der Waals surface area contributed by atoms with Crippen LogP contribution in [-0.2, 0) is 11.2 Å². The van der Waals surface area contributed by atoms with E-state index in [9.17, 15) is 10.1 Å². The fraction of sp³-hybridized carbons (Fsp3) is 0.200. The molecule has 2 aromatic rings. The molecule has 0 unspecified atom stereocenters. The van der Waals surface area contributed by atoms with E-state index in [1.165, 1.54) is 6.20 Å². The Morgan fingerprint density at radius 2 is 1.85 bits per heavy atom. The average molecular weight is 386 g/mol. The molecule has 2 aromatic carbocycles. The van der Waals surface area contributed by atoms with Crippen molar-refractivity contribution in [3.63, 3.8) is 0 Å². The standard InChI is InChI=1S/C20H20ClN3O3/c1-26-18-8-3-14(11-19(18)27-2)9-10-23-13-15(12-22)20(25)24-17-6-4-16(21)5-7-17/h3-8,11,13,23H,9-10H2,1-2H3,(H,24,25)/b15-13-. The minimum absolute atomic E-state index is 0.0164. The molecule has 0 heterocycles. The number of carbonyl (C=O) groups excluding carboxylic acids is 1. The van der Waals surface area contributed by atoms with E-state index in [2.05, 4.69) is 10.6 Å². The van der Waals surface area contributed by atoms with Crippen molar-refractivity contribution in [1.29, 1.82) is 5.26 Å². The maximum Gasteiger partial charge on any atom is 0.267 e. The van der Waals surface area contributed by atoms with Crippen LogP contribution in [0.1, 0.15) is 5.56 Å². The lowest BCUT2D eigenvalue weighted by Crippen LogP contribution is -2.18. The molecule has 0 bridgehead atoms. The van der Waals surface area contributed by atoms with Crippen molar-refractivity contribution in [2.45, 2.75) is 6.42 Å². The van der Waals surface area contributed by atoms with Crippen LogP contribution in [0.3, 0.4) is 0 Å². The van der Waals surface area contributed by atoms with Gasteiger partial charge >= 0.3 is 0 Å². The van der Waals surface area contributed by atoms with E-state index >= 15 is 0 Å². The lowest BCUT2D eigenvalue weighted by molar-refractivity contribution is -0.112. The molecule has 140 valence electrons. The Bertz CT molecular complexity index is 858. The molecule has 0 aliphatic heterocycles. The zero-order chi connectivity index (χ0) is 19.6. The molecule has 6 nitrogen and oxygen atoms in total. The van der Waals surface area contributed by atoms with Gasteiger partial charge in [-0.25, -0.2) is 0 Å². The molecular formula is C20H20ClN3O3. The largest absolute Gasteiger partial charge is 0.493 e. The number of rotatable bonds is 8. The Labute approximate surface area is 163 Å². The predicted molar refractivity (Wildman–Crippen MR) is 105 cm³/mol. The number of anilines is 1. The first-order chi connectivity index (χ1) is 13.1. The highest BCUT2D eigenvalue weighted by atomic mass is 35.5. The average Bonchev–Trinajstić information content (AvgIpc) is 2.69. The van der Waals surface area contributed by atoms with Crippen LogP contribution < -0.4 is 20.1 Å². The van der Waals surface area contributed by atoms with Crippen molar-refractivity contribution in [2.24, 2.45) is 0 Å². The van der Waals surface area contributed by atoms with Crippen LogP contribution in [0.5, 0.6) is 11.5 Å². The van der Waals surface area contributed by atoms with E-state index in [1.807, 2.05) is 24.3 Å². The summed E-state index contributed by atoms with van der Waals surface area (Å²) in [6, 6.07) is 14.2. The van der Waals surface area contributed by atoms with Gasteiger partial charge < -0.3 is 20.1 Å². The highest BCUT2D eigenvalue weighted by molar-refractivity contribution is 6.30. The first kappa shape index (κ1) is 20.1. The molecule has 0 aliphatic rings. The van der Waals surface area contributed by atoms with Crippen LogP contribution in [-0.4, -0.2) is 26.7 Å². The first-order valence-electron chi connectivity index (χ1n) is 8.19. The highest BCUT2D eigenvalue weighted by Gasteiger charge is 2.09. The molecule has 27 heavy (non-hydrogen) atoms. The smallest absolute Gasteiger partial charge is 0.267 e. The Balaban J connectivity index is 1.90. The van der Waals surface area contributed by atoms with Gasteiger partial charge in [-0.2, -0.15) is 5.26 Å². The summed E-state index contributed by atoms with van der Waals surface area (Å²) >= 11 is 5.81. The molecule has 0 atom stereocenters. The van der Waals surface area contributed by atoms with Gasteiger partial charge in [0, 0.05) is 23.5 Å². The molecule has 0 saturated carbocycles. The summed E-state index contributed by atoms with van der Waals surface area (Å²) in [5.41, 5.74) is 1.59. The van der Waals surface area contributed by atoms with E-state index in [0.29, 0.717) is 35.2 Å². The summed E-state index contributed by atoms with van der Waals surface area (Å²) in [5, 5.41) is 15.4. The van der Waals surface area contributed by atoms with E-state index < -0.39 is 5.91 Å². The van der Waals surface area contributed by atoms with E-state index in [-0.39, 0.29) is 5.57 Å². The van der Waals surface area contributed by atoms with Gasteiger partial charge in [0.05, 0.1) is 14.2 Å². The van der Waals surface area contributed by atoms with Gasteiger partial charge in [0.25, 0.3) is 5.91 Å². The van der Waals surface area contributed by atoms with Crippen LogP contribution in [0.25, 0.3) is 0 Å². The predicted octanol–water partition coefficient (Wildman–Crippen LogP) is 3.54. The third kappa shape index (κ3) is 5.94. The van der Waals surface area contributed by atoms with Crippen molar-refractivity contribution in [1.82, 2.24) is 5.32 Å². The zero-order valence-corrected chi connectivity index (χ0v) is 15.8. The fourth-order valence-corrected chi connectivity index (χ4v) is 2.43. The molecule has 0 spiro atoms. The lowest BCUT2D eigenvalue weighted by atomic mass is 10.1. The number of halogens is 1. The topological polar surface area (TPSA) is 83.4 Å². The van der Waals surface area contributed by atoms with Crippen molar-refractivity contribution in [2.75, 3.05) is 26.1 Å². The normalized spacial score (nSPS) is 10.7. The second-order valence-corrected chi connectivity index (χ2v) is 5.96. The van der Waals surface area contributed by atoms with Crippen molar-refractivity contribution in [3.8, 4) is 17.6 Å². The molecule has 2 rings (SSSR count). The quantitative estimate of drug-likeness (QED) is 0.412. The monoisotopic (exact) mass is 385 g/mol. The first-order valence-corrected chi connectivity index (χ1v) is 8.56. The summed E-state index contributed by atoms with van der Waals surface area (Å²) in [5.74, 6) is 0.837. The van der Waals surface area contributed by atoms with Crippen LogP contribution in [0, 0.1) is 11.3 Å².